The first kappa shape index (κ1) is 18.1. The summed E-state index contributed by atoms with van der Waals surface area (Å²) >= 11 is 0. The van der Waals surface area contributed by atoms with Crippen molar-refractivity contribution in [2.75, 3.05) is 6.61 Å². The average Bonchev–Trinajstić information content (AvgIpc) is 3.17. The fourth-order valence-corrected chi connectivity index (χ4v) is 3.10. The highest BCUT2D eigenvalue weighted by molar-refractivity contribution is 5.93. The lowest BCUT2D eigenvalue weighted by Gasteiger charge is -2.19. The van der Waals surface area contributed by atoms with Gasteiger partial charge < -0.3 is 10.1 Å². The Morgan fingerprint density at radius 3 is 2.82 bits per heavy atom. The molecule has 28 heavy (non-hydrogen) atoms. The van der Waals surface area contributed by atoms with Crippen molar-refractivity contribution >= 4 is 5.91 Å². The summed E-state index contributed by atoms with van der Waals surface area (Å²) in [7, 11) is 0. The third-order valence-corrected chi connectivity index (χ3v) is 4.54. The van der Waals surface area contributed by atoms with Crippen molar-refractivity contribution in [2.24, 2.45) is 0 Å². The van der Waals surface area contributed by atoms with E-state index in [-0.39, 0.29) is 11.4 Å². The summed E-state index contributed by atoms with van der Waals surface area (Å²) in [6.07, 6.45) is 2.27. The number of ether oxygens (including phenoxy) is 1. The Hall–Kier alpha value is -3.29. The first-order valence-corrected chi connectivity index (χ1v) is 8.92. The highest BCUT2D eigenvalue weighted by Gasteiger charge is 2.25. The van der Waals surface area contributed by atoms with Crippen molar-refractivity contribution in [1.29, 1.82) is 0 Å². The monoisotopic (exact) mass is 384 g/mol. The largest absolute Gasteiger partial charge is 0.478 e. The molecule has 0 spiro atoms. The Bertz CT molecular complexity index is 965. The van der Waals surface area contributed by atoms with Crippen LogP contribution in [0.2, 0.25) is 0 Å². The molecule has 0 radical (unpaired) electrons. The van der Waals surface area contributed by atoms with E-state index >= 15 is 0 Å². The van der Waals surface area contributed by atoms with Crippen LogP contribution in [0.3, 0.4) is 0 Å². The molecule has 3 aromatic rings. The molecule has 2 aromatic heterocycles. The summed E-state index contributed by atoms with van der Waals surface area (Å²) in [6, 6.07) is 9.96. The van der Waals surface area contributed by atoms with Gasteiger partial charge >= 0.3 is 0 Å². The van der Waals surface area contributed by atoms with E-state index in [4.69, 9.17) is 4.74 Å². The van der Waals surface area contributed by atoms with E-state index in [9.17, 15) is 13.6 Å². The average molecular weight is 384 g/mol. The first-order valence-electron chi connectivity index (χ1n) is 8.92. The van der Waals surface area contributed by atoms with Crippen molar-refractivity contribution in [1.82, 2.24) is 20.1 Å². The number of hydrogen-bond donors (Lipinski definition) is 1. The third kappa shape index (κ3) is 3.58. The molecule has 1 aliphatic heterocycles. The number of aromatic nitrogens is 3. The number of pyridine rings is 1. The summed E-state index contributed by atoms with van der Waals surface area (Å²) < 4.78 is 34.3. The van der Waals surface area contributed by atoms with E-state index in [1.165, 1.54) is 18.3 Å². The van der Waals surface area contributed by atoms with Crippen LogP contribution < -0.4 is 10.1 Å². The maximum Gasteiger partial charge on any atom is 0.272 e. The zero-order chi connectivity index (χ0) is 19.5. The highest BCUT2D eigenvalue weighted by Crippen LogP contribution is 2.25. The summed E-state index contributed by atoms with van der Waals surface area (Å²) in [4.78, 5) is 16.9. The zero-order valence-electron chi connectivity index (χ0n) is 14.9. The molecule has 3 heterocycles. The van der Waals surface area contributed by atoms with Crippen molar-refractivity contribution in [2.45, 2.75) is 25.7 Å². The van der Waals surface area contributed by atoms with Gasteiger partial charge in [0, 0.05) is 25.2 Å². The van der Waals surface area contributed by atoms with Gasteiger partial charge in [0.25, 0.3) is 5.91 Å². The molecule has 0 bridgehead atoms. The van der Waals surface area contributed by atoms with Gasteiger partial charge in [-0.3, -0.25) is 9.78 Å². The molecule has 1 atom stereocenters. The summed E-state index contributed by atoms with van der Waals surface area (Å²) in [5.74, 6) is -0.491. The minimum absolute atomic E-state index is 0.0732. The van der Waals surface area contributed by atoms with Crippen LogP contribution >= 0.6 is 0 Å². The number of carbonyl (C=O) groups is 1. The van der Waals surface area contributed by atoms with Crippen LogP contribution in [0.25, 0.3) is 0 Å². The predicted octanol–water partition coefficient (Wildman–Crippen LogP) is 3.19. The van der Waals surface area contributed by atoms with E-state index < -0.39 is 24.4 Å². The summed E-state index contributed by atoms with van der Waals surface area (Å²) in [5, 5.41) is 7.04. The zero-order valence-corrected chi connectivity index (χ0v) is 14.9. The number of nitrogens with one attached hydrogen (secondary N) is 1. The molecular formula is C20H18F2N4O2. The normalized spacial score (nSPS) is 14.1. The molecule has 0 saturated carbocycles. The molecule has 1 aromatic carbocycles. The molecule has 6 nitrogen and oxygen atoms in total. The van der Waals surface area contributed by atoms with Crippen LogP contribution in [0.15, 0.2) is 48.7 Å². The molecule has 0 fully saturated rings. The molecule has 4 rings (SSSR count). The standard InChI is InChI=1S/C20H18F2N4O2/c21-12-13-4-6-14(7-5-13)18(19-15(22)3-1-8-23-19)24-20(27)16-11-17-26(25-16)9-2-10-28-17/h1,3-8,11,18H,2,9-10,12H2,(H,24,27)/t18-/m0/s1. The molecule has 0 saturated heterocycles. The van der Waals surface area contributed by atoms with Crippen LogP contribution in [0.1, 0.15) is 39.8 Å². The SMILES string of the molecule is O=C(N[C@@H](c1ccc(CF)cc1)c1ncccc1F)c1cc2n(n1)CCCO2. The Kier molecular flexibility index (Phi) is 5.01. The lowest BCUT2D eigenvalue weighted by Crippen LogP contribution is -2.31. The van der Waals surface area contributed by atoms with E-state index in [0.29, 0.717) is 30.2 Å². The number of nitrogens with zero attached hydrogens (tertiary/aromatic N) is 3. The molecule has 144 valence electrons. The topological polar surface area (TPSA) is 69.0 Å². The second-order valence-electron chi connectivity index (χ2n) is 6.45. The van der Waals surface area contributed by atoms with Gasteiger partial charge in [-0.15, -0.1) is 0 Å². The molecular weight excluding hydrogens is 366 g/mol. The summed E-state index contributed by atoms with van der Waals surface area (Å²) in [5.41, 5.74) is 1.33. The lowest BCUT2D eigenvalue weighted by atomic mass is 10.0. The van der Waals surface area contributed by atoms with Crippen LogP contribution in [-0.2, 0) is 13.2 Å². The van der Waals surface area contributed by atoms with Gasteiger partial charge in [0.2, 0.25) is 5.88 Å². The van der Waals surface area contributed by atoms with E-state index in [0.717, 1.165) is 6.42 Å². The Balaban J connectivity index is 1.66. The fourth-order valence-electron chi connectivity index (χ4n) is 3.10. The summed E-state index contributed by atoms with van der Waals surface area (Å²) in [6.45, 7) is 0.649. The van der Waals surface area contributed by atoms with Gasteiger partial charge in [-0.1, -0.05) is 24.3 Å². The number of hydrogen-bond acceptors (Lipinski definition) is 4. The fraction of sp³-hybridized carbons (Fsp3) is 0.250. The van der Waals surface area contributed by atoms with Crippen LogP contribution in [0.5, 0.6) is 5.88 Å². The van der Waals surface area contributed by atoms with Crippen molar-refractivity contribution in [3.05, 3.63) is 77.0 Å². The Labute approximate surface area is 160 Å². The molecule has 0 aliphatic carbocycles. The molecule has 1 aliphatic rings. The van der Waals surface area contributed by atoms with Crippen LogP contribution in [0, 0.1) is 5.82 Å². The first-order chi connectivity index (χ1) is 13.7. The quantitative estimate of drug-likeness (QED) is 0.734. The van der Waals surface area contributed by atoms with Gasteiger partial charge in [0.05, 0.1) is 12.6 Å². The molecule has 1 amide bonds. The number of carbonyl (C=O) groups excluding carboxylic acids is 1. The van der Waals surface area contributed by atoms with Crippen LogP contribution in [0.4, 0.5) is 8.78 Å². The minimum atomic E-state index is -0.845. The van der Waals surface area contributed by atoms with Crippen LogP contribution in [-0.4, -0.2) is 27.3 Å². The molecule has 1 N–H and O–H groups in total. The molecule has 8 heteroatoms. The predicted molar refractivity (Wildman–Crippen MR) is 97.1 cm³/mol. The van der Waals surface area contributed by atoms with Gasteiger partial charge in [-0.2, -0.15) is 5.10 Å². The number of benzene rings is 1. The van der Waals surface area contributed by atoms with E-state index in [1.807, 2.05) is 0 Å². The van der Waals surface area contributed by atoms with Crippen molar-refractivity contribution < 1.29 is 18.3 Å². The van der Waals surface area contributed by atoms with Gasteiger partial charge in [-0.05, 0) is 23.3 Å². The molecule has 0 unspecified atom stereocenters. The van der Waals surface area contributed by atoms with Crippen molar-refractivity contribution in [3.8, 4) is 5.88 Å². The van der Waals surface area contributed by atoms with Crippen molar-refractivity contribution in [3.63, 3.8) is 0 Å². The number of halogens is 2. The Morgan fingerprint density at radius 2 is 2.11 bits per heavy atom. The smallest absolute Gasteiger partial charge is 0.272 e. The highest BCUT2D eigenvalue weighted by atomic mass is 19.1. The maximum atomic E-state index is 14.4. The van der Waals surface area contributed by atoms with E-state index in [1.54, 1.807) is 35.0 Å². The van der Waals surface area contributed by atoms with Gasteiger partial charge in [0.15, 0.2) is 5.69 Å². The minimum Gasteiger partial charge on any atom is -0.478 e. The third-order valence-electron chi connectivity index (χ3n) is 4.54. The Morgan fingerprint density at radius 1 is 1.29 bits per heavy atom. The number of alkyl halides is 1. The second-order valence-corrected chi connectivity index (χ2v) is 6.45. The van der Waals surface area contributed by atoms with Gasteiger partial charge in [0.1, 0.15) is 18.2 Å². The van der Waals surface area contributed by atoms with Gasteiger partial charge in [-0.25, -0.2) is 13.5 Å². The second kappa shape index (κ2) is 7.75. The lowest BCUT2D eigenvalue weighted by molar-refractivity contribution is 0.0935. The maximum absolute atomic E-state index is 14.4. The number of amides is 1. The number of fused-ring (bicyclic) bond motifs is 1. The van der Waals surface area contributed by atoms with E-state index in [2.05, 4.69) is 15.4 Å². The number of aryl methyl sites for hydroxylation is 1. The number of rotatable bonds is 5.